The van der Waals surface area contributed by atoms with E-state index in [-0.39, 0.29) is 24.3 Å². The average Bonchev–Trinajstić information content (AvgIpc) is 2.43. The Morgan fingerprint density at radius 1 is 1.32 bits per heavy atom. The molecular formula is C15H22N2O4S. The van der Waals surface area contributed by atoms with Crippen LogP contribution in [0.15, 0.2) is 24.3 Å². The van der Waals surface area contributed by atoms with Crippen molar-refractivity contribution in [3.05, 3.63) is 29.8 Å². The highest BCUT2D eigenvalue weighted by Gasteiger charge is 2.21. The van der Waals surface area contributed by atoms with Gasteiger partial charge in [-0.25, -0.2) is 8.42 Å². The van der Waals surface area contributed by atoms with Gasteiger partial charge in [0.25, 0.3) is 0 Å². The van der Waals surface area contributed by atoms with Gasteiger partial charge in [0, 0.05) is 11.6 Å². The molecule has 0 aromatic heterocycles. The first-order valence-corrected chi connectivity index (χ1v) is 8.88. The van der Waals surface area contributed by atoms with Gasteiger partial charge in [0.1, 0.15) is 6.54 Å². The third-order valence-corrected chi connectivity index (χ3v) is 4.39. The second-order valence-electron chi connectivity index (χ2n) is 5.25. The number of nitrogens with zero attached hydrogens (tertiary/aromatic N) is 1. The van der Waals surface area contributed by atoms with E-state index in [1.807, 2.05) is 13.8 Å². The minimum absolute atomic E-state index is 0.0301. The summed E-state index contributed by atoms with van der Waals surface area (Å²) < 4.78 is 24.9. The molecule has 0 spiro atoms. The van der Waals surface area contributed by atoms with Crippen LogP contribution in [0.1, 0.15) is 37.6 Å². The number of amides is 1. The normalized spacial score (nSPS) is 12.5. The van der Waals surface area contributed by atoms with Crippen LogP contribution in [0.5, 0.6) is 0 Å². The molecule has 0 saturated carbocycles. The third kappa shape index (κ3) is 5.14. The van der Waals surface area contributed by atoms with Gasteiger partial charge < -0.3 is 5.32 Å². The Bertz CT molecular complexity index is 655. The van der Waals surface area contributed by atoms with Gasteiger partial charge in [-0.2, -0.15) is 0 Å². The van der Waals surface area contributed by atoms with E-state index in [2.05, 4.69) is 5.32 Å². The maximum Gasteiger partial charge on any atom is 0.240 e. The molecule has 1 aromatic rings. The van der Waals surface area contributed by atoms with Crippen molar-refractivity contribution in [1.82, 2.24) is 5.32 Å². The number of ketones is 1. The molecule has 22 heavy (non-hydrogen) atoms. The maximum atomic E-state index is 12.0. The maximum absolute atomic E-state index is 12.0. The molecule has 0 heterocycles. The van der Waals surface area contributed by atoms with Gasteiger partial charge in [-0.05, 0) is 32.4 Å². The lowest BCUT2D eigenvalue weighted by molar-refractivity contribution is -0.120. The molecule has 7 heteroatoms. The van der Waals surface area contributed by atoms with Crippen LogP contribution in [-0.2, 0) is 14.8 Å². The average molecular weight is 326 g/mol. The molecule has 1 rings (SSSR count). The molecule has 1 aromatic carbocycles. The van der Waals surface area contributed by atoms with E-state index in [1.54, 1.807) is 18.2 Å². The quantitative estimate of drug-likeness (QED) is 0.771. The summed E-state index contributed by atoms with van der Waals surface area (Å²) in [5.41, 5.74) is 0.697. The summed E-state index contributed by atoms with van der Waals surface area (Å²) in [6.07, 6.45) is 1.79. The van der Waals surface area contributed by atoms with Gasteiger partial charge in [-0.15, -0.1) is 0 Å². The molecule has 0 saturated heterocycles. The van der Waals surface area contributed by atoms with E-state index in [0.29, 0.717) is 11.3 Å². The number of nitrogens with one attached hydrogen (secondary N) is 1. The summed E-state index contributed by atoms with van der Waals surface area (Å²) in [5.74, 6) is -0.549. The van der Waals surface area contributed by atoms with Crippen molar-refractivity contribution < 1.29 is 18.0 Å². The Balaban J connectivity index is 3.07. The van der Waals surface area contributed by atoms with E-state index >= 15 is 0 Å². The number of Topliss-reactive ketones (excluding diaryl/α,β-unsaturated/α-hetero) is 1. The molecule has 0 radical (unpaired) electrons. The number of benzene rings is 1. The highest BCUT2D eigenvalue weighted by atomic mass is 32.2. The number of carbonyl (C=O) groups excluding carboxylic acids is 2. The van der Waals surface area contributed by atoms with Crippen LogP contribution in [0, 0.1) is 0 Å². The largest absolute Gasteiger partial charge is 0.352 e. The monoisotopic (exact) mass is 326 g/mol. The highest BCUT2D eigenvalue weighted by Crippen LogP contribution is 2.19. The Kier molecular flexibility index (Phi) is 6.11. The van der Waals surface area contributed by atoms with E-state index in [0.717, 1.165) is 17.0 Å². The van der Waals surface area contributed by atoms with Gasteiger partial charge in [-0.1, -0.05) is 19.1 Å². The Hall–Kier alpha value is -1.89. The topological polar surface area (TPSA) is 83.6 Å². The second-order valence-corrected chi connectivity index (χ2v) is 7.16. The summed E-state index contributed by atoms with van der Waals surface area (Å²) in [7, 11) is -3.64. The zero-order valence-electron chi connectivity index (χ0n) is 13.3. The smallest absolute Gasteiger partial charge is 0.240 e. The molecule has 1 amide bonds. The lowest BCUT2D eigenvalue weighted by Crippen LogP contribution is -2.43. The molecule has 1 atom stereocenters. The van der Waals surface area contributed by atoms with Crippen molar-refractivity contribution in [2.45, 2.75) is 33.2 Å². The SMILES string of the molecule is CC[C@H](C)NC(=O)CN(c1cccc(C(C)=O)c1)S(C)(=O)=O. The predicted octanol–water partition coefficient (Wildman–Crippen LogP) is 1.57. The van der Waals surface area contributed by atoms with E-state index in [9.17, 15) is 18.0 Å². The lowest BCUT2D eigenvalue weighted by Gasteiger charge is -2.23. The Morgan fingerprint density at radius 3 is 2.45 bits per heavy atom. The summed E-state index contributed by atoms with van der Waals surface area (Å²) in [6.45, 7) is 4.86. The van der Waals surface area contributed by atoms with E-state index < -0.39 is 10.0 Å². The van der Waals surface area contributed by atoms with Crippen LogP contribution < -0.4 is 9.62 Å². The zero-order valence-corrected chi connectivity index (χ0v) is 14.1. The second kappa shape index (κ2) is 7.40. The van der Waals surface area contributed by atoms with Crippen molar-refractivity contribution in [3.63, 3.8) is 0 Å². The summed E-state index contributed by atoms with van der Waals surface area (Å²) in [6, 6.07) is 6.20. The highest BCUT2D eigenvalue weighted by molar-refractivity contribution is 7.92. The predicted molar refractivity (Wildman–Crippen MR) is 86.5 cm³/mol. The van der Waals surface area contributed by atoms with Crippen molar-refractivity contribution >= 4 is 27.4 Å². The number of carbonyl (C=O) groups is 2. The van der Waals surface area contributed by atoms with Crippen molar-refractivity contribution in [1.29, 1.82) is 0 Å². The number of rotatable bonds is 7. The van der Waals surface area contributed by atoms with Crippen LogP contribution in [0.3, 0.4) is 0 Å². The Labute approximate surface area is 131 Å². The van der Waals surface area contributed by atoms with Crippen LogP contribution in [0.25, 0.3) is 0 Å². The first-order valence-electron chi connectivity index (χ1n) is 7.03. The van der Waals surface area contributed by atoms with E-state index in [4.69, 9.17) is 0 Å². The number of anilines is 1. The molecule has 0 fully saturated rings. The van der Waals surface area contributed by atoms with Crippen LogP contribution >= 0.6 is 0 Å². The summed E-state index contributed by atoms with van der Waals surface area (Å²) >= 11 is 0. The standard InChI is InChI=1S/C15H22N2O4S/c1-5-11(2)16-15(19)10-17(22(4,20)21)14-8-6-7-13(9-14)12(3)18/h6-9,11H,5,10H2,1-4H3,(H,16,19)/t11-/m0/s1. The van der Waals surface area contributed by atoms with Gasteiger partial charge in [-0.3, -0.25) is 13.9 Å². The fourth-order valence-electron chi connectivity index (χ4n) is 1.83. The molecule has 0 aliphatic heterocycles. The fourth-order valence-corrected chi connectivity index (χ4v) is 2.68. The molecule has 0 aliphatic carbocycles. The first kappa shape index (κ1) is 18.2. The van der Waals surface area contributed by atoms with Crippen LogP contribution in [-0.4, -0.2) is 39.0 Å². The fraction of sp³-hybridized carbons (Fsp3) is 0.467. The van der Waals surface area contributed by atoms with E-state index in [1.165, 1.54) is 13.0 Å². The van der Waals surface area contributed by atoms with Gasteiger partial charge in [0.2, 0.25) is 15.9 Å². The van der Waals surface area contributed by atoms with Crippen LogP contribution in [0.4, 0.5) is 5.69 Å². The van der Waals surface area contributed by atoms with Crippen molar-refractivity contribution in [2.24, 2.45) is 0 Å². The lowest BCUT2D eigenvalue weighted by atomic mass is 10.1. The summed E-state index contributed by atoms with van der Waals surface area (Å²) in [5, 5.41) is 2.73. The minimum atomic E-state index is -3.64. The number of hydrogen-bond donors (Lipinski definition) is 1. The molecule has 6 nitrogen and oxygen atoms in total. The molecule has 0 bridgehead atoms. The molecular weight excluding hydrogens is 304 g/mol. The zero-order chi connectivity index (χ0) is 16.9. The molecule has 1 N–H and O–H groups in total. The molecule has 0 unspecified atom stereocenters. The number of hydrogen-bond acceptors (Lipinski definition) is 4. The van der Waals surface area contributed by atoms with Crippen LogP contribution in [0.2, 0.25) is 0 Å². The first-order chi connectivity index (χ1) is 10.1. The molecule has 0 aliphatic rings. The Morgan fingerprint density at radius 2 is 1.95 bits per heavy atom. The van der Waals surface area contributed by atoms with Crippen molar-refractivity contribution in [2.75, 3.05) is 17.1 Å². The number of sulfonamides is 1. The van der Waals surface area contributed by atoms with Gasteiger partial charge >= 0.3 is 0 Å². The summed E-state index contributed by atoms with van der Waals surface area (Å²) in [4.78, 5) is 23.4. The van der Waals surface area contributed by atoms with Crippen molar-refractivity contribution in [3.8, 4) is 0 Å². The van der Waals surface area contributed by atoms with Gasteiger partial charge in [0.05, 0.1) is 11.9 Å². The minimum Gasteiger partial charge on any atom is -0.352 e. The third-order valence-electron chi connectivity index (χ3n) is 3.25. The molecule has 122 valence electrons. The van der Waals surface area contributed by atoms with Gasteiger partial charge in [0.15, 0.2) is 5.78 Å².